The number of hydrogen-bond acceptors (Lipinski definition) is 2. The van der Waals surface area contributed by atoms with Crippen LogP contribution in [0.3, 0.4) is 0 Å². The monoisotopic (exact) mass is 654 g/mol. The van der Waals surface area contributed by atoms with Gasteiger partial charge in [0.15, 0.2) is 23.3 Å². The first kappa shape index (κ1) is 31.9. The Bertz CT molecular complexity index is 1970. The van der Waals surface area contributed by atoms with Gasteiger partial charge in [0.05, 0.1) is 17.3 Å². The molecule has 0 saturated carbocycles. The summed E-state index contributed by atoms with van der Waals surface area (Å²) in [7, 11) is 0. The minimum absolute atomic E-state index is 0.0672. The van der Waals surface area contributed by atoms with E-state index in [9.17, 15) is 31.5 Å². The summed E-state index contributed by atoms with van der Waals surface area (Å²) < 4.78 is 73.3. The topological polar surface area (TPSA) is 54.9 Å². The zero-order chi connectivity index (χ0) is 33.7. The first-order valence-corrected chi connectivity index (χ1v) is 16.3. The van der Waals surface area contributed by atoms with Crippen molar-refractivity contribution in [1.29, 1.82) is 0 Å². The molecule has 2 aliphatic heterocycles. The summed E-state index contributed by atoms with van der Waals surface area (Å²) in [5.41, 5.74) is 2.39. The molecule has 1 N–H and O–H groups in total. The fourth-order valence-corrected chi connectivity index (χ4v) is 7.94. The highest BCUT2D eigenvalue weighted by molar-refractivity contribution is 6.61. The molecule has 0 radical (unpaired) electrons. The lowest BCUT2D eigenvalue weighted by molar-refractivity contribution is 0.101. The van der Waals surface area contributed by atoms with Crippen molar-refractivity contribution in [1.82, 2.24) is 9.46 Å². The van der Waals surface area contributed by atoms with Crippen molar-refractivity contribution >= 4 is 18.4 Å². The summed E-state index contributed by atoms with van der Waals surface area (Å²) in [6, 6.07) is 23.5. The Balaban J connectivity index is 1.39. The summed E-state index contributed by atoms with van der Waals surface area (Å²) in [4.78, 5) is 30.5. The number of rotatable bonds is 8. The largest absolute Gasteiger partial charge is 0.385 e. The predicted molar refractivity (Wildman–Crippen MR) is 173 cm³/mol. The Hall–Kier alpha value is -4.73. The maximum Gasteiger partial charge on any atom is 0.266 e. The molecule has 3 aromatic carbocycles. The molecule has 1 atom stereocenters. The van der Waals surface area contributed by atoms with Gasteiger partial charge in [-0.05, 0) is 48.4 Å². The molecule has 4 nitrogen and oxygen atoms in total. The Morgan fingerprint density at radius 1 is 0.708 bits per heavy atom. The van der Waals surface area contributed by atoms with Gasteiger partial charge in [-0.15, -0.1) is 0 Å². The number of aryl methyl sites for hydroxylation is 1. The van der Waals surface area contributed by atoms with Gasteiger partial charge in [-0.3, -0.25) is 9.59 Å². The normalized spacial score (nSPS) is 18.2. The number of aromatic amines is 1. The van der Waals surface area contributed by atoms with Crippen LogP contribution in [-0.4, -0.2) is 27.9 Å². The lowest BCUT2D eigenvalue weighted by atomic mass is 9.34. The number of halogens is 5. The maximum atomic E-state index is 14.7. The van der Waals surface area contributed by atoms with Gasteiger partial charge < -0.3 is 9.46 Å². The second kappa shape index (κ2) is 12.7. The lowest BCUT2D eigenvalue weighted by Gasteiger charge is -2.42. The van der Waals surface area contributed by atoms with Crippen molar-refractivity contribution in [2.75, 3.05) is 0 Å². The van der Waals surface area contributed by atoms with Crippen molar-refractivity contribution in [3.8, 4) is 0 Å². The first-order valence-electron chi connectivity index (χ1n) is 16.3. The zero-order valence-corrected chi connectivity index (χ0v) is 26.2. The Morgan fingerprint density at radius 3 is 1.90 bits per heavy atom. The number of carbonyl (C=O) groups is 2. The summed E-state index contributed by atoms with van der Waals surface area (Å²) in [5.74, 6) is -12.4. The quantitative estimate of drug-likeness (QED) is 0.0596. The van der Waals surface area contributed by atoms with E-state index in [1.807, 2.05) is 73.7 Å². The van der Waals surface area contributed by atoms with E-state index < -0.39 is 46.4 Å². The minimum Gasteiger partial charge on any atom is -0.385 e. The van der Waals surface area contributed by atoms with Crippen molar-refractivity contribution in [3.05, 3.63) is 153 Å². The molecule has 0 aliphatic carbocycles. The van der Waals surface area contributed by atoms with E-state index in [0.29, 0.717) is 28.6 Å². The number of H-pyrrole nitrogens is 1. The number of nitrogens with zero attached hydrogens (tertiary/aromatic N) is 1. The number of carbonyl (C=O) groups excluding carboxylic acids is 2. The molecule has 0 spiro atoms. The van der Waals surface area contributed by atoms with Gasteiger partial charge in [-0.2, -0.15) is 0 Å². The van der Waals surface area contributed by atoms with E-state index in [1.54, 1.807) is 6.07 Å². The maximum absolute atomic E-state index is 14.7. The van der Waals surface area contributed by atoms with Crippen LogP contribution in [0.4, 0.5) is 22.0 Å². The van der Waals surface area contributed by atoms with E-state index in [2.05, 4.69) is 9.46 Å². The summed E-state index contributed by atoms with van der Waals surface area (Å²) >= 11 is 0. The highest BCUT2D eigenvalue weighted by atomic mass is 19.2. The molecule has 2 fully saturated rings. The second-order valence-electron chi connectivity index (χ2n) is 13.0. The Labute approximate surface area is 275 Å². The van der Waals surface area contributed by atoms with E-state index in [0.717, 1.165) is 55.3 Å². The molecule has 48 heavy (non-hydrogen) atoms. The van der Waals surface area contributed by atoms with Gasteiger partial charge in [0.1, 0.15) is 5.56 Å². The standard InChI is InChI=1S/C38H32BF5N2O2/c1-21-13-15-23(16-14-21)37(47)29-20-19-28(46(29)39-24-9-5-10-25(39)12-6-11-24)30(22-7-3-2-4-8-22)26-17-18-27(45-26)38(48)31-32(40)34(42)36(44)35(43)33(31)41/h2-4,7-8,13-20,24-25,30,45H,5-6,9-12H2,1H3. The first-order chi connectivity index (χ1) is 23.2. The second-order valence-corrected chi connectivity index (χ2v) is 13.0. The highest BCUT2D eigenvalue weighted by Crippen LogP contribution is 2.49. The molecular formula is C38H32BF5N2O2. The SMILES string of the molecule is Cc1ccc(C(=O)c2ccc(C(c3ccccc3)c3ccc(C(=O)c4c(F)c(F)c(F)c(F)c4F)[nH]3)n2B2C3CCCC2CCC3)cc1. The zero-order valence-electron chi connectivity index (χ0n) is 26.2. The number of aromatic nitrogens is 2. The molecule has 2 saturated heterocycles. The van der Waals surface area contributed by atoms with Gasteiger partial charge in [-0.25, -0.2) is 22.0 Å². The van der Waals surface area contributed by atoms with E-state index in [4.69, 9.17) is 0 Å². The van der Waals surface area contributed by atoms with Crippen LogP contribution in [0.25, 0.3) is 0 Å². The third-order valence-electron chi connectivity index (χ3n) is 10.2. The van der Waals surface area contributed by atoms with Gasteiger partial charge in [0, 0.05) is 17.0 Å². The van der Waals surface area contributed by atoms with Crippen LogP contribution < -0.4 is 0 Å². The molecule has 2 bridgehead atoms. The molecule has 0 amide bonds. The lowest BCUT2D eigenvalue weighted by Crippen LogP contribution is -2.43. The smallest absolute Gasteiger partial charge is 0.266 e. The molecule has 4 heterocycles. The van der Waals surface area contributed by atoms with E-state index >= 15 is 0 Å². The summed E-state index contributed by atoms with van der Waals surface area (Å²) in [5, 5.41) is 0. The van der Waals surface area contributed by atoms with Gasteiger partial charge in [0.25, 0.3) is 6.85 Å². The number of hydrogen-bond donors (Lipinski definition) is 1. The van der Waals surface area contributed by atoms with Crippen molar-refractivity contribution in [2.45, 2.75) is 63.0 Å². The van der Waals surface area contributed by atoms with Crippen LogP contribution in [0.1, 0.15) is 99.1 Å². The number of ketones is 2. The third-order valence-corrected chi connectivity index (χ3v) is 10.2. The molecule has 244 valence electrons. The van der Waals surface area contributed by atoms with Crippen LogP contribution in [0.15, 0.2) is 78.9 Å². The van der Waals surface area contributed by atoms with Crippen LogP contribution in [0.5, 0.6) is 0 Å². The number of nitrogens with one attached hydrogen (secondary N) is 1. The molecule has 5 aromatic rings. The average Bonchev–Trinajstić information content (AvgIpc) is 3.75. The van der Waals surface area contributed by atoms with Gasteiger partial charge in [0.2, 0.25) is 17.4 Å². The average molecular weight is 654 g/mol. The van der Waals surface area contributed by atoms with Crippen LogP contribution in [-0.2, 0) is 0 Å². The van der Waals surface area contributed by atoms with Gasteiger partial charge >= 0.3 is 0 Å². The molecule has 2 aromatic heterocycles. The third kappa shape index (κ3) is 5.41. The van der Waals surface area contributed by atoms with Crippen LogP contribution in [0, 0.1) is 36.0 Å². The van der Waals surface area contributed by atoms with Crippen molar-refractivity contribution < 1.29 is 31.5 Å². The van der Waals surface area contributed by atoms with Crippen molar-refractivity contribution in [3.63, 3.8) is 0 Å². The number of fused-ring (bicyclic) bond motifs is 2. The Morgan fingerprint density at radius 2 is 1.29 bits per heavy atom. The summed E-state index contributed by atoms with van der Waals surface area (Å²) in [6.07, 6.45) is 6.47. The molecule has 2 aliphatic rings. The minimum atomic E-state index is -2.33. The van der Waals surface area contributed by atoms with E-state index in [1.165, 1.54) is 6.07 Å². The molecule has 7 rings (SSSR count). The Kier molecular flexibility index (Phi) is 8.43. The highest BCUT2D eigenvalue weighted by Gasteiger charge is 2.44. The summed E-state index contributed by atoms with van der Waals surface area (Å²) in [6.45, 7) is 2.03. The number of benzene rings is 3. The fourth-order valence-electron chi connectivity index (χ4n) is 7.94. The van der Waals surface area contributed by atoms with Gasteiger partial charge in [-0.1, -0.05) is 98.7 Å². The fraction of sp³-hybridized carbons (Fsp3) is 0.263. The van der Waals surface area contributed by atoms with Crippen LogP contribution in [0.2, 0.25) is 11.6 Å². The van der Waals surface area contributed by atoms with E-state index in [-0.39, 0.29) is 18.3 Å². The molecular weight excluding hydrogens is 622 g/mol. The molecule has 1 unspecified atom stereocenters. The van der Waals surface area contributed by atoms with Crippen LogP contribution >= 0.6 is 0 Å². The molecule has 10 heteroatoms. The predicted octanol–water partition coefficient (Wildman–Crippen LogP) is 9.41. The van der Waals surface area contributed by atoms with Crippen molar-refractivity contribution in [2.24, 2.45) is 0 Å².